The first-order chi connectivity index (χ1) is 12.2. The second-order valence-corrected chi connectivity index (χ2v) is 6.51. The Kier molecular flexibility index (Phi) is 4.09. The third kappa shape index (κ3) is 3.07. The van der Waals surface area contributed by atoms with Gasteiger partial charge in [-0.2, -0.15) is 14.6 Å². The summed E-state index contributed by atoms with van der Waals surface area (Å²) in [6, 6.07) is 8.77. The van der Waals surface area contributed by atoms with E-state index in [9.17, 15) is 4.39 Å². The van der Waals surface area contributed by atoms with Gasteiger partial charge in [-0.05, 0) is 37.5 Å². The van der Waals surface area contributed by atoms with E-state index in [1.807, 2.05) is 25.1 Å². The van der Waals surface area contributed by atoms with Crippen molar-refractivity contribution >= 4 is 11.6 Å². The molecule has 3 heterocycles. The van der Waals surface area contributed by atoms with Gasteiger partial charge in [-0.25, -0.2) is 9.37 Å². The lowest BCUT2D eigenvalue weighted by atomic mass is 9.74. The summed E-state index contributed by atoms with van der Waals surface area (Å²) in [6.45, 7) is 4.05. The van der Waals surface area contributed by atoms with Crippen LogP contribution in [0.3, 0.4) is 0 Å². The zero-order valence-corrected chi connectivity index (χ0v) is 14.1. The number of fused-ring (bicyclic) bond motifs is 1. The van der Waals surface area contributed by atoms with E-state index in [1.165, 1.54) is 18.5 Å². The molecule has 1 aliphatic heterocycles. The molecule has 7 heteroatoms. The fourth-order valence-corrected chi connectivity index (χ4v) is 3.45. The maximum atomic E-state index is 13.3. The average molecular weight is 341 g/mol. The molecule has 1 saturated heterocycles. The summed E-state index contributed by atoms with van der Waals surface area (Å²) in [5, 5.41) is 7.75. The molecule has 0 aliphatic carbocycles. The van der Waals surface area contributed by atoms with Crippen LogP contribution in [-0.4, -0.2) is 39.3 Å². The van der Waals surface area contributed by atoms with E-state index >= 15 is 0 Å². The molecular formula is C18H20FN5O. The van der Waals surface area contributed by atoms with E-state index in [0.717, 1.165) is 29.9 Å². The number of aromatic nitrogens is 4. The molecule has 25 heavy (non-hydrogen) atoms. The summed E-state index contributed by atoms with van der Waals surface area (Å²) in [5.74, 6) is 1.21. The Hall–Kier alpha value is -2.54. The minimum absolute atomic E-state index is 0.101. The Morgan fingerprint density at radius 3 is 2.76 bits per heavy atom. The van der Waals surface area contributed by atoms with Crippen LogP contribution in [-0.2, 0) is 10.2 Å². The third-order valence-corrected chi connectivity index (χ3v) is 4.89. The van der Waals surface area contributed by atoms with Gasteiger partial charge in [0.05, 0.1) is 0 Å². The van der Waals surface area contributed by atoms with Gasteiger partial charge >= 0.3 is 0 Å². The van der Waals surface area contributed by atoms with Crippen LogP contribution in [0.25, 0.3) is 5.78 Å². The molecule has 2 aromatic heterocycles. The Morgan fingerprint density at radius 1 is 1.24 bits per heavy atom. The fraction of sp³-hybridized carbons (Fsp3) is 0.389. The van der Waals surface area contributed by atoms with Crippen LogP contribution in [0.15, 0.2) is 36.7 Å². The van der Waals surface area contributed by atoms with E-state index < -0.39 is 0 Å². The van der Waals surface area contributed by atoms with Gasteiger partial charge in [0.1, 0.15) is 18.0 Å². The fourth-order valence-electron chi connectivity index (χ4n) is 3.45. The van der Waals surface area contributed by atoms with Crippen LogP contribution >= 0.6 is 0 Å². The summed E-state index contributed by atoms with van der Waals surface area (Å²) in [6.07, 6.45) is 3.27. The van der Waals surface area contributed by atoms with E-state index in [-0.39, 0.29) is 11.2 Å². The van der Waals surface area contributed by atoms with Gasteiger partial charge in [0.25, 0.3) is 5.78 Å². The monoisotopic (exact) mass is 341 g/mol. The molecule has 4 rings (SSSR count). The quantitative estimate of drug-likeness (QED) is 0.790. The third-order valence-electron chi connectivity index (χ3n) is 4.89. The first-order valence-corrected chi connectivity index (χ1v) is 8.41. The van der Waals surface area contributed by atoms with Crippen LogP contribution in [0.5, 0.6) is 0 Å². The summed E-state index contributed by atoms with van der Waals surface area (Å²) in [4.78, 5) is 8.52. The number of rotatable bonds is 4. The van der Waals surface area contributed by atoms with Crippen molar-refractivity contribution in [3.63, 3.8) is 0 Å². The highest BCUT2D eigenvalue weighted by Crippen LogP contribution is 2.35. The van der Waals surface area contributed by atoms with Gasteiger partial charge in [-0.3, -0.25) is 0 Å². The van der Waals surface area contributed by atoms with Gasteiger partial charge in [0, 0.05) is 36.9 Å². The van der Waals surface area contributed by atoms with E-state index in [4.69, 9.17) is 4.74 Å². The lowest BCUT2D eigenvalue weighted by molar-refractivity contribution is 0.0543. The molecule has 1 fully saturated rings. The van der Waals surface area contributed by atoms with Gasteiger partial charge in [0.15, 0.2) is 0 Å². The standard InChI is InChI=1S/C18H20FN5O/c1-13-10-16(24-17(23-13)21-12-22-24)20-11-18(6-8-25-9-7-18)14-2-4-15(19)5-3-14/h2-5,10,12,20H,6-9,11H2,1H3. The van der Waals surface area contributed by atoms with Crippen molar-refractivity contribution in [2.45, 2.75) is 25.2 Å². The number of halogens is 1. The first-order valence-electron chi connectivity index (χ1n) is 8.41. The Bertz CT molecular complexity index is 871. The molecule has 0 amide bonds. The molecule has 0 spiro atoms. The Labute approximate surface area is 145 Å². The van der Waals surface area contributed by atoms with Crippen LogP contribution in [0.2, 0.25) is 0 Å². The highest BCUT2D eigenvalue weighted by atomic mass is 19.1. The molecule has 130 valence electrons. The number of anilines is 1. The topological polar surface area (TPSA) is 64.3 Å². The Morgan fingerprint density at radius 2 is 2.00 bits per heavy atom. The van der Waals surface area contributed by atoms with Crippen LogP contribution in [0, 0.1) is 12.7 Å². The molecule has 0 radical (unpaired) electrons. The maximum Gasteiger partial charge on any atom is 0.254 e. The Balaban J connectivity index is 1.65. The molecule has 0 bridgehead atoms. The maximum absolute atomic E-state index is 13.3. The largest absolute Gasteiger partial charge is 0.381 e. The number of nitrogens with one attached hydrogen (secondary N) is 1. The molecular weight excluding hydrogens is 321 g/mol. The van der Waals surface area contributed by atoms with Crippen LogP contribution < -0.4 is 5.32 Å². The lowest BCUT2D eigenvalue weighted by Crippen LogP contribution is -2.40. The van der Waals surface area contributed by atoms with Crippen molar-refractivity contribution in [1.82, 2.24) is 19.6 Å². The number of ether oxygens (including phenoxy) is 1. The summed E-state index contributed by atoms with van der Waals surface area (Å²) in [5.41, 5.74) is 1.91. The van der Waals surface area contributed by atoms with Crippen molar-refractivity contribution in [3.05, 3.63) is 53.7 Å². The predicted molar refractivity (Wildman–Crippen MR) is 92.1 cm³/mol. The van der Waals surface area contributed by atoms with E-state index in [0.29, 0.717) is 25.5 Å². The predicted octanol–water partition coefficient (Wildman–Crippen LogP) is 2.73. The summed E-state index contributed by atoms with van der Waals surface area (Å²) in [7, 11) is 0. The van der Waals surface area contributed by atoms with Gasteiger partial charge in [-0.1, -0.05) is 12.1 Å². The molecule has 3 aromatic rings. The molecule has 6 nitrogen and oxygen atoms in total. The van der Waals surface area contributed by atoms with Gasteiger partial charge in [0.2, 0.25) is 0 Å². The molecule has 0 atom stereocenters. The molecule has 0 unspecified atom stereocenters. The number of benzene rings is 1. The summed E-state index contributed by atoms with van der Waals surface area (Å²) < 4.78 is 20.6. The molecule has 1 aliphatic rings. The lowest BCUT2D eigenvalue weighted by Gasteiger charge is -2.38. The zero-order valence-electron chi connectivity index (χ0n) is 14.1. The van der Waals surface area contributed by atoms with Crippen LogP contribution in [0.1, 0.15) is 24.1 Å². The second kappa shape index (κ2) is 6.40. The normalized spacial score (nSPS) is 16.9. The molecule has 1 aromatic carbocycles. The average Bonchev–Trinajstić information content (AvgIpc) is 3.09. The number of hydrogen-bond acceptors (Lipinski definition) is 5. The molecule has 0 saturated carbocycles. The summed E-state index contributed by atoms with van der Waals surface area (Å²) >= 11 is 0. The van der Waals surface area contributed by atoms with Crippen molar-refractivity contribution in [2.75, 3.05) is 25.1 Å². The van der Waals surface area contributed by atoms with Gasteiger partial charge < -0.3 is 10.1 Å². The van der Waals surface area contributed by atoms with E-state index in [1.54, 1.807) is 4.52 Å². The number of nitrogens with zero attached hydrogens (tertiary/aromatic N) is 4. The van der Waals surface area contributed by atoms with Crippen molar-refractivity contribution < 1.29 is 9.13 Å². The highest BCUT2D eigenvalue weighted by molar-refractivity contribution is 5.45. The minimum Gasteiger partial charge on any atom is -0.381 e. The smallest absolute Gasteiger partial charge is 0.254 e. The second-order valence-electron chi connectivity index (χ2n) is 6.51. The van der Waals surface area contributed by atoms with Crippen molar-refractivity contribution in [2.24, 2.45) is 0 Å². The van der Waals surface area contributed by atoms with E-state index in [2.05, 4.69) is 20.4 Å². The van der Waals surface area contributed by atoms with Crippen molar-refractivity contribution in [3.8, 4) is 0 Å². The van der Waals surface area contributed by atoms with Crippen LogP contribution in [0.4, 0.5) is 10.2 Å². The zero-order chi connectivity index (χ0) is 17.3. The van der Waals surface area contributed by atoms with Gasteiger partial charge in [-0.15, -0.1) is 0 Å². The SMILES string of the molecule is Cc1cc(NCC2(c3ccc(F)cc3)CCOCC2)n2ncnc2n1. The first kappa shape index (κ1) is 16.0. The minimum atomic E-state index is -0.215. The highest BCUT2D eigenvalue weighted by Gasteiger charge is 2.34. The number of hydrogen-bond donors (Lipinski definition) is 1. The van der Waals surface area contributed by atoms with Crippen molar-refractivity contribution in [1.29, 1.82) is 0 Å². The number of aryl methyl sites for hydroxylation is 1. The molecule has 1 N–H and O–H groups in total.